The molecular weight excluding hydrogens is 355 g/mol. The molecule has 0 bridgehead atoms. The molecule has 12 heteroatoms. The van der Waals surface area contributed by atoms with Gasteiger partial charge < -0.3 is 0 Å². The van der Waals surface area contributed by atoms with Crippen molar-refractivity contribution < 1.29 is 47.9 Å². The predicted molar refractivity (Wildman–Crippen MR) is 62.8 cm³/mol. The highest BCUT2D eigenvalue weighted by atomic mass is 32.2. The summed E-state index contributed by atoms with van der Waals surface area (Å²) in [5, 5.41) is 0. The largest absolute Gasteiger partial charge is 0.497 e. The molecule has 0 saturated carbocycles. The van der Waals surface area contributed by atoms with Crippen molar-refractivity contribution in [3.63, 3.8) is 0 Å². The van der Waals surface area contributed by atoms with Gasteiger partial charge in [-0.15, -0.1) is 0 Å². The second-order valence-electron chi connectivity index (χ2n) is 3.97. The molecular formula is C10H17F9O2S. The van der Waals surface area contributed by atoms with E-state index in [0.717, 1.165) is 6.92 Å². The van der Waals surface area contributed by atoms with E-state index in [1.807, 2.05) is 13.8 Å². The topological polar surface area (TPSA) is 34.1 Å². The van der Waals surface area contributed by atoms with Crippen LogP contribution >= 0.6 is 0 Å². The van der Waals surface area contributed by atoms with Crippen molar-refractivity contribution in [2.24, 2.45) is 5.41 Å². The van der Waals surface area contributed by atoms with Crippen LogP contribution in [-0.2, 0) is 9.84 Å². The van der Waals surface area contributed by atoms with E-state index in [4.69, 9.17) is 0 Å². The first-order valence-electron chi connectivity index (χ1n) is 5.73. The van der Waals surface area contributed by atoms with Gasteiger partial charge in [-0.2, -0.15) is 39.5 Å². The zero-order chi connectivity index (χ0) is 19.2. The Morgan fingerprint density at radius 3 is 0.955 bits per heavy atom. The maximum absolute atomic E-state index is 11.6. The zero-order valence-electron chi connectivity index (χ0n) is 12.3. The summed E-state index contributed by atoms with van der Waals surface area (Å²) in [5.74, 6) is -0.892. The van der Waals surface area contributed by atoms with Gasteiger partial charge in [-0.05, 0) is 13.8 Å². The maximum atomic E-state index is 11.6. The normalized spacial score (nSPS) is 13.5. The van der Waals surface area contributed by atoms with Crippen LogP contribution in [0, 0.1) is 5.41 Å². The van der Waals surface area contributed by atoms with Gasteiger partial charge >= 0.3 is 17.9 Å². The Labute approximate surface area is 122 Å². The smallest absolute Gasteiger partial charge is 0.220 e. The molecule has 0 unspecified atom stereocenters. The molecule has 2 nitrogen and oxygen atoms in total. The van der Waals surface area contributed by atoms with Gasteiger partial charge in [0.25, 0.3) is 0 Å². The van der Waals surface area contributed by atoms with E-state index in [-0.39, 0.29) is 13.8 Å². The fourth-order valence-electron chi connectivity index (χ4n) is 0.324. The standard InChI is InChI=1S/C5H6F6.C3H5F3O2S.C2H6/c1-3(2,4(6,7)8)5(9,10)11;1-2-9(7,8)3(4,5)6;1-2/h1-2H3;2H2,1H3;1-2H3. The molecule has 0 fully saturated rings. The van der Waals surface area contributed by atoms with Crippen LogP contribution in [0.25, 0.3) is 0 Å². The summed E-state index contributed by atoms with van der Waals surface area (Å²) in [4.78, 5) is 0. The van der Waals surface area contributed by atoms with Crippen LogP contribution in [0.4, 0.5) is 39.5 Å². The Morgan fingerprint density at radius 1 is 0.727 bits per heavy atom. The summed E-state index contributed by atoms with van der Waals surface area (Å²) in [6, 6.07) is 0. The third-order valence-electron chi connectivity index (χ3n) is 2.15. The Hall–Kier alpha value is -0.680. The molecule has 0 radical (unpaired) electrons. The van der Waals surface area contributed by atoms with Crippen LogP contribution in [0.1, 0.15) is 34.6 Å². The van der Waals surface area contributed by atoms with E-state index in [9.17, 15) is 47.9 Å². The molecule has 0 aromatic rings. The van der Waals surface area contributed by atoms with Gasteiger partial charge in [-0.25, -0.2) is 8.42 Å². The molecule has 0 aliphatic rings. The molecule has 0 aromatic heterocycles. The lowest BCUT2D eigenvalue weighted by molar-refractivity contribution is -0.327. The second kappa shape index (κ2) is 8.25. The molecule has 0 aliphatic carbocycles. The fourth-order valence-corrected chi connectivity index (χ4v) is 0.652. The first-order valence-corrected chi connectivity index (χ1v) is 7.39. The van der Waals surface area contributed by atoms with E-state index in [1.165, 1.54) is 0 Å². The number of halogens is 9. The average Bonchev–Trinajstić information content (AvgIpc) is 2.28. The fraction of sp³-hybridized carbons (Fsp3) is 1.00. The van der Waals surface area contributed by atoms with Gasteiger partial charge in [0, 0.05) is 0 Å². The SMILES string of the molecule is CC.CC(C)(C(F)(F)F)C(F)(F)F.CCS(=O)(=O)C(F)(F)F. The van der Waals surface area contributed by atoms with Crippen LogP contribution in [0.3, 0.4) is 0 Å². The quantitative estimate of drug-likeness (QED) is 0.600. The van der Waals surface area contributed by atoms with E-state index < -0.39 is 38.9 Å². The molecule has 0 atom stereocenters. The minimum absolute atomic E-state index is 0.104. The monoisotopic (exact) mass is 372 g/mol. The van der Waals surface area contributed by atoms with Crippen LogP contribution < -0.4 is 0 Å². The first kappa shape index (κ1) is 26.2. The third-order valence-corrected chi connectivity index (χ3v) is 3.62. The van der Waals surface area contributed by atoms with Gasteiger partial charge in [-0.1, -0.05) is 20.8 Å². The molecule has 0 saturated heterocycles. The van der Waals surface area contributed by atoms with E-state index in [1.54, 1.807) is 0 Å². The van der Waals surface area contributed by atoms with Crippen molar-refractivity contribution in [1.82, 2.24) is 0 Å². The summed E-state index contributed by atoms with van der Waals surface area (Å²) >= 11 is 0. The highest BCUT2D eigenvalue weighted by Gasteiger charge is 2.64. The molecule has 0 N–H and O–H groups in total. The molecule has 0 aromatic carbocycles. The Balaban J connectivity index is -0.000000299. The zero-order valence-corrected chi connectivity index (χ0v) is 13.2. The van der Waals surface area contributed by atoms with Crippen LogP contribution in [-0.4, -0.2) is 32.0 Å². The van der Waals surface area contributed by atoms with Crippen molar-refractivity contribution in [3.8, 4) is 0 Å². The van der Waals surface area contributed by atoms with Gasteiger partial charge in [0.15, 0.2) is 5.41 Å². The highest BCUT2D eigenvalue weighted by Crippen LogP contribution is 2.49. The minimum Gasteiger partial charge on any atom is -0.220 e. The Bertz CT molecular complexity index is 386. The van der Waals surface area contributed by atoms with Gasteiger partial charge in [0.2, 0.25) is 9.84 Å². The summed E-state index contributed by atoms with van der Waals surface area (Å²) in [7, 11) is -4.84. The van der Waals surface area contributed by atoms with Gasteiger partial charge in [-0.3, -0.25) is 0 Å². The van der Waals surface area contributed by atoms with Crippen LogP contribution in [0.2, 0.25) is 0 Å². The molecule has 0 spiro atoms. The lowest BCUT2D eigenvalue weighted by Gasteiger charge is -2.29. The van der Waals surface area contributed by atoms with Crippen LogP contribution in [0.15, 0.2) is 0 Å². The summed E-state index contributed by atoms with van der Waals surface area (Å²) in [5.41, 5.74) is -8.71. The lowest BCUT2D eigenvalue weighted by atomic mass is 9.92. The number of sulfone groups is 1. The summed E-state index contributed by atoms with van der Waals surface area (Å²) in [6.07, 6.45) is -10.5. The summed E-state index contributed by atoms with van der Waals surface area (Å²) in [6.45, 7) is 5.16. The number of hydrogen-bond acceptors (Lipinski definition) is 2. The highest BCUT2D eigenvalue weighted by molar-refractivity contribution is 7.92. The summed E-state index contributed by atoms with van der Waals surface area (Å²) < 4.78 is 123. The molecule has 0 aliphatic heterocycles. The molecule has 0 heterocycles. The van der Waals surface area contributed by atoms with E-state index in [0.29, 0.717) is 0 Å². The Morgan fingerprint density at radius 2 is 0.955 bits per heavy atom. The average molecular weight is 372 g/mol. The predicted octanol–water partition coefficient (Wildman–Crippen LogP) is 5.10. The van der Waals surface area contributed by atoms with Crippen molar-refractivity contribution in [2.75, 3.05) is 5.75 Å². The van der Waals surface area contributed by atoms with E-state index in [2.05, 4.69) is 0 Å². The van der Waals surface area contributed by atoms with Crippen molar-refractivity contribution in [2.45, 2.75) is 52.5 Å². The minimum atomic E-state index is -5.24. The second-order valence-corrected chi connectivity index (χ2v) is 6.24. The lowest BCUT2D eigenvalue weighted by Crippen LogP contribution is -2.44. The van der Waals surface area contributed by atoms with Gasteiger partial charge in [0.05, 0.1) is 5.75 Å². The molecule has 22 heavy (non-hydrogen) atoms. The van der Waals surface area contributed by atoms with Gasteiger partial charge in [0.1, 0.15) is 0 Å². The van der Waals surface area contributed by atoms with Crippen molar-refractivity contribution >= 4 is 9.84 Å². The molecule has 0 amide bonds. The van der Waals surface area contributed by atoms with Crippen molar-refractivity contribution in [1.29, 1.82) is 0 Å². The first-order chi connectivity index (χ1) is 9.31. The number of hydrogen-bond donors (Lipinski definition) is 0. The van der Waals surface area contributed by atoms with Crippen LogP contribution in [0.5, 0.6) is 0 Å². The molecule has 138 valence electrons. The Kier molecular flexibility index (Phi) is 9.84. The van der Waals surface area contributed by atoms with Crippen molar-refractivity contribution in [3.05, 3.63) is 0 Å². The number of rotatable bonds is 1. The maximum Gasteiger partial charge on any atom is 0.497 e. The third kappa shape index (κ3) is 7.54. The molecule has 0 rings (SSSR count). The van der Waals surface area contributed by atoms with E-state index >= 15 is 0 Å². The number of alkyl halides is 9.